The third-order valence-electron chi connectivity index (χ3n) is 4.95. The van der Waals surface area contributed by atoms with E-state index < -0.39 is 0 Å². The molecule has 0 aromatic heterocycles. The zero-order chi connectivity index (χ0) is 15.2. The van der Waals surface area contributed by atoms with Gasteiger partial charge in [0.15, 0.2) is 5.78 Å². The van der Waals surface area contributed by atoms with E-state index in [0.29, 0.717) is 6.61 Å². The lowest BCUT2D eigenvalue weighted by Gasteiger charge is -2.26. The van der Waals surface area contributed by atoms with Crippen LogP contribution in [0.3, 0.4) is 0 Å². The Hall–Kier alpha value is -1.35. The van der Waals surface area contributed by atoms with E-state index in [0.717, 1.165) is 37.1 Å². The van der Waals surface area contributed by atoms with Crippen molar-refractivity contribution in [1.82, 2.24) is 4.90 Å². The Bertz CT molecular complexity index is 490. The van der Waals surface area contributed by atoms with Crippen LogP contribution in [-0.2, 0) is 0 Å². The van der Waals surface area contributed by atoms with Gasteiger partial charge in [0.2, 0.25) is 0 Å². The Morgan fingerprint density at radius 1 is 1.09 bits per heavy atom. The van der Waals surface area contributed by atoms with Crippen LogP contribution in [0.15, 0.2) is 24.3 Å². The second-order valence-corrected chi connectivity index (χ2v) is 6.59. The van der Waals surface area contributed by atoms with E-state index in [4.69, 9.17) is 4.74 Å². The van der Waals surface area contributed by atoms with Crippen molar-refractivity contribution in [2.24, 2.45) is 5.92 Å². The van der Waals surface area contributed by atoms with Crippen molar-refractivity contribution in [3.05, 3.63) is 29.8 Å². The molecule has 0 radical (unpaired) electrons. The van der Waals surface area contributed by atoms with Gasteiger partial charge in [-0.25, -0.2) is 0 Å². The Labute approximate surface area is 133 Å². The summed E-state index contributed by atoms with van der Waals surface area (Å²) < 4.78 is 5.92. The van der Waals surface area contributed by atoms with Gasteiger partial charge < -0.3 is 9.64 Å². The van der Waals surface area contributed by atoms with E-state index in [1.807, 2.05) is 24.3 Å². The number of ether oxygens (including phenoxy) is 1. The maximum atomic E-state index is 12.4. The molecule has 2 aliphatic rings. The lowest BCUT2D eigenvalue weighted by molar-refractivity contribution is 0.0850. The third kappa shape index (κ3) is 3.89. The molecule has 2 fully saturated rings. The fraction of sp³-hybridized carbons (Fsp3) is 0.632. The van der Waals surface area contributed by atoms with Gasteiger partial charge in [0.25, 0.3) is 0 Å². The van der Waals surface area contributed by atoms with Gasteiger partial charge in [-0.15, -0.1) is 0 Å². The summed E-state index contributed by atoms with van der Waals surface area (Å²) in [6.07, 6.45) is 8.36. The Morgan fingerprint density at radius 2 is 1.86 bits per heavy atom. The van der Waals surface area contributed by atoms with Crippen LogP contribution >= 0.6 is 0 Å². The molecule has 0 bridgehead atoms. The monoisotopic (exact) mass is 301 g/mol. The molecule has 1 aliphatic heterocycles. The first-order valence-electron chi connectivity index (χ1n) is 8.83. The van der Waals surface area contributed by atoms with Gasteiger partial charge in [-0.2, -0.15) is 0 Å². The van der Waals surface area contributed by atoms with Crippen molar-refractivity contribution in [2.75, 3.05) is 26.2 Å². The van der Waals surface area contributed by atoms with Crippen molar-refractivity contribution in [3.8, 4) is 5.75 Å². The summed E-state index contributed by atoms with van der Waals surface area (Å²) in [7, 11) is 0. The molecule has 1 heterocycles. The SMILES string of the molecule is O=C(c1ccccc1OCCCN1CCCCC1)C1CCC1. The molecule has 0 amide bonds. The number of likely N-dealkylation sites (tertiary alicyclic amines) is 1. The summed E-state index contributed by atoms with van der Waals surface area (Å²) in [4.78, 5) is 15.0. The molecule has 1 aromatic rings. The highest BCUT2D eigenvalue weighted by Crippen LogP contribution is 2.32. The lowest BCUT2D eigenvalue weighted by Crippen LogP contribution is -2.31. The van der Waals surface area contributed by atoms with Gasteiger partial charge >= 0.3 is 0 Å². The van der Waals surface area contributed by atoms with Gasteiger partial charge in [0, 0.05) is 12.5 Å². The molecule has 0 atom stereocenters. The van der Waals surface area contributed by atoms with Gasteiger partial charge in [-0.05, 0) is 57.3 Å². The number of ketones is 1. The summed E-state index contributed by atoms with van der Waals surface area (Å²) in [6.45, 7) is 4.28. The molecule has 3 nitrogen and oxygen atoms in total. The van der Waals surface area contributed by atoms with Crippen LogP contribution in [0.25, 0.3) is 0 Å². The van der Waals surface area contributed by atoms with E-state index in [-0.39, 0.29) is 11.7 Å². The smallest absolute Gasteiger partial charge is 0.169 e. The maximum absolute atomic E-state index is 12.4. The van der Waals surface area contributed by atoms with Gasteiger partial charge in [0.1, 0.15) is 5.75 Å². The number of benzene rings is 1. The summed E-state index contributed by atoms with van der Waals surface area (Å²) in [5.41, 5.74) is 0.783. The summed E-state index contributed by atoms with van der Waals surface area (Å²) >= 11 is 0. The van der Waals surface area contributed by atoms with Crippen molar-refractivity contribution >= 4 is 5.78 Å². The molecular formula is C19H27NO2. The van der Waals surface area contributed by atoms with Crippen LogP contribution in [-0.4, -0.2) is 36.9 Å². The largest absolute Gasteiger partial charge is 0.493 e. The molecular weight excluding hydrogens is 274 g/mol. The quantitative estimate of drug-likeness (QED) is 0.564. The fourth-order valence-corrected chi connectivity index (χ4v) is 3.34. The predicted octanol–water partition coefficient (Wildman–Crippen LogP) is 3.92. The van der Waals surface area contributed by atoms with Gasteiger partial charge in [-0.1, -0.05) is 25.0 Å². The van der Waals surface area contributed by atoms with Crippen LogP contribution in [0, 0.1) is 5.92 Å². The molecule has 0 spiro atoms. The van der Waals surface area contributed by atoms with Crippen LogP contribution in [0.4, 0.5) is 0 Å². The molecule has 3 rings (SSSR count). The molecule has 1 saturated carbocycles. The van der Waals surface area contributed by atoms with Gasteiger partial charge in [0.05, 0.1) is 12.2 Å². The minimum Gasteiger partial charge on any atom is -0.493 e. The highest BCUT2D eigenvalue weighted by Gasteiger charge is 2.27. The highest BCUT2D eigenvalue weighted by molar-refractivity contribution is 6.00. The number of Topliss-reactive ketones (excluding diaryl/α,β-unsaturated/α-hetero) is 1. The first-order valence-corrected chi connectivity index (χ1v) is 8.83. The van der Waals surface area contributed by atoms with E-state index in [2.05, 4.69) is 4.90 Å². The van der Waals surface area contributed by atoms with Crippen LogP contribution in [0.1, 0.15) is 55.3 Å². The lowest BCUT2D eigenvalue weighted by atomic mass is 9.80. The normalized spacial score (nSPS) is 19.6. The van der Waals surface area contributed by atoms with E-state index >= 15 is 0 Å². The number of carbonyl (C=O) groups excluding carboxylic acids is 1. The van der Waals surface area contributed by atoms with Crippen molar-refractivity contribution in [3.63, 3.8) is 0 Å². The molecule has 0 unspecified atom stereocenters. The Kier molecular flexibility index (Phi) is 5.49. The molecule has 1 aromatic carbocycles. The first-order chi connectivity index (χ1) is 10.8. The molecule has 3 heteroatoms. The average Bonchev–Trinajstić information content (AvgIpc) is 2.51. The summed E-state index contributed by atoms with van der Waals surface area (Å²) in [6, 6.07) is 7.75. The van der Waals surface area contributed by atoms with Crippen molar-refractivity contribution < 1.29 is 9.53 Å². The van der Waals surface area contributed by atoms with Gasteiger partial charge in [-0.3, -0.25) is 4.79 Å². The van der Waals surface area contributed by atoms with Crippen molar-refractivity contribution in [1.29, 1.82) is 0 Å². The number of hydrogen-bond donors (Lipinski definition) is 0. The van der Waals surface area contributed by atoms with E-state index in [1.54, 1.807) is 0 Å². The minimum absolute atomic E-state index is 0.234. The zero-order valence-corrected chi connectivity index (χ0v) is 13.4. The fourth-order valence-electron chi connectivity index (χ4n) is 3.34. The van der Waals surface area contributed by atoms with Crippen molar-refractivity contribution in [2.45, 2.75) is 44.9 Å². The van der Waals surface area contributed by atoms with Crippen LogP contribution in [0.5, 0.6) is 5.75 Å². The number of piperidine rings is 1. The minimum atomic E-state index is 0.234. The number of nitrogens with zero attached hydrogens (tertiary/aromatic N) is 1. The summed E-state index contributed by atoms with van der Waals surface area (Å²) in [5, 5.41) is 0. The Balaban J connectivity index is 1.48. The standard InChI is InChI=1S/C19H27NO2/c21-19(16-8-6-9-16)17-10-2-3-11-18(17)22-15-7-14-20-12-4-1-5-13-20/h2-3,10-11,16H,1,4-9,12-15H2. The van der Waals surface area contributed by atoms with E-state index in [9.17, 15) is 4.79 Å². The average molecular weight is 301 g/mol. The molecule has 0 N–H and O–H groups in total. The summed E-state index contributed by atoms with van der Waals surface area (Å²) in [5.74, 6) is 1.29. The highest BCUT2D eigenvalue weighted by atomic mass is 16.5. The first kappa shape index (κ1) is 15.5. The molecule has 120 valence electrons. The molecule has 1 aliphatic carbocycles. The maximum Gasteiger partial charge on any atom is 0.169 e. The van der Waals surface area contributed by atoms with Crippen LogP contribution < -0.4 is 4.74 Å². The molecule has 1 saturated heterocycles. The number of rotatable bonds is 7. The number of carbonyl (C=O) groups is 1. The second kappa shape index (κ2) is 7.77. The zero-order valence-electron chi connectivity index (χ0n) is 13.4. The topological polar surface area (TPSA) is 29.5 Å². The molecule has 22 heavy (non-hydrogen) atoms. The second-order valence-electron chi connectivity index (χ2n) is 6.59. The number of para-hydroxylation sites is 1. The van der Waals surface area contributed by atoms with E-state index in [1.165, 1.54) is 38.8 Å². The van der Waals surface area contributed by atoms with Crippen LogP contribution in [0.2, 0.25) is 0 Å². The Morgan fingerprint density at radius 3 is 2.59 bits per heavy atom. The number of hydrogen-bond acceptors (Lipinski definition) is 3. The third-order valence-corrected chi connectivity index (χ3v) is 4.95. The predicted molar refractivity (Wildman–Crippen MR) is 88.5 cm³/mol.